The molecule has 92 valence electrons. The SMILES string of the molecule is COC1CN(C(=O)c2csc3c2CCOC3)C1. The molecule has 0 aromatic carbocycles. The van der Waals surface area contributed by atoms with E-state index >= 15 is 0 Å². The van der Waals surface area contributed by atoms with Gasteiger partial charge in [-0.3, -0.25) is 4.79 Å². The molecular weight excluding hydrogens is 238 g/mol. The Bertz CT molecular complexity index is 437. The summed E-state index contributed by atoms with van der Waals surface area (Å²) in [5.74, 6) is 0.151. The minimum absolute atomic E-state index is 0.151. The van der Waals surface area contributed by atoms with Crippen LogP contribution in [0.5, 0.6) is 0 Å². The zero-order valence-corrected chi connectivity index (χ0v) is 10.6. The Morgan fingerprint density at radius 1 is 1.59 bits per heavy atom. The second-order valence-electron chi connectivity index (χ2n) is 4.42. The normalized spacial score (nSPS) is 19.9. The number of hydrogen-bond donors (Lipinski definition) is 0. The van der Waals surface area contributed by atoms with Crippen molar-refractivity contribution in [3.8, 4) is 0 Å². The van der Waals surface area contributed by atoms with Crippen LogP contribution < -0.4 is 0 Å². The average Bonchev–Trinajstić information content (AvgIpc) is 2.71. The van der Waals surface area contributed by atoms with Crippen molar-refractivity contribution in [1.29, 1.82) is 0 Å². The second kappa shape index (κ2) is 4.40. The maximum atomic E-state index is 12.3. The van der Waals surface area contributed by atoms with Crippen LogP contribution in [0.4, 0.5) is 0 Å². The van der Waals surface area contributed by atoms with Crippen LogP contribution in [0.2, 0.25) is 0 Å². The molecule has 0 atom stereocenters. The van der Waals surface area contributed by atoms with Gasteiger partial charge in [0, 0.05) is 30.5 Å². The Morgan fingerprint density at radius 3 is 3.18 bits per heavy atom. The molecule has 0 spiro atoms. The van der Waals surface area contributed by atoms with Crippen molar-refractivity contribution in [2.45, 2.75) is 19.1 Å². The first kappa shape index (κ1) is 11.2. The van der Waals surface area contributed by atoms with E-state index in [1.807, 2.05) is 10.3 Å². The number of methoxy groups -OCH3 is 1. The molecule has 4 nitrogen and oxygen atoms in total. The van der Waals surface area contributed by atoms with Gasteiger partial charge in [0.1, 0.15) is 0 Å². The van der Waals surface area contributed by atoms with Gasteiger partial charge in [0.05, 0.1) is 24.9 Å². The Hall–Kier alpha value is -0.910. The van der Waals surface area contributed by atoms with E-state index in [4.69, 9.17) is 9.47 Å². The van der Waals surface area contributed by atoms with Gasteiger partial charge in [-0.05, 0) is 12.0 Å². The third kappa shape index (κ3) is 1.88. The molecule has 5 heteroatoms. The van der Waals surface area contributed by atoms with Crippen LogP contribution in [0.3, 0.4) is 0 Å². The van der Waals surface area contributed by atoms with E-state index in [0.29, 0.717) is 6.61 Å². The quantitative estimate of drug-likeness (QED) is 0.797. The van der Waals surface area contributed by atoms with Crippen LogP contribution >= 0.6 is 11.3 Å². The second-order valence-corrected chi connectivity index (χ2v) is 5.39. The summed E-state index contributed by atoms with van der Waals surface area (Å²) in [7, 11) is 1.69. The van der Waals surface area contributed by atoms with Gasteiger partial charge in [-0.25, -0.2) is 0 Å². The van der Waals surface area contributed by atoms with Gasteiger partial charge in [-0.15, -0.1) is 11.3 Å². The van der Waals surface area contributed by atoms with E-state index in [0.717, 1.165) is 31.7 Å². The van der Waals surface area contributed by atoms with Crippen LogP contribution in [0.15, 0.2) is 5.38 Å². The van der Waals surface area contributed by atoms with Crippen molar-refractivity contribution in [2.24, 2.45) is 0 Å². The molecule has 1 saturated heterocycles. The summed E-state index contributed by atoms with van der Waals surface area (Å²) in [4.78, 5) is 15.3. The fourth-order valence-electron chi connectivity index (χ4n) is 2.26. The molecule has 0 bridgehead atoms. The van der Waals surface area contributed by atoms with Crippen LogP contribution in [-0.2, 0) is 22.5 Å². The molecule has 0 aliphatic carbocycles. The lowest BCUT2D eigenvalue weighted by Crippen LogP contribution is -2.54. The summed E-state index contributed by atoms with van der Waals surface area (Å²) in [6.07, 6.45) is 1.08. The molecule has 1 aromatic heterocycles. The monoisotopic (exact) mass is 253 g/mol. The van der Waals surface area contributed by atoms with Gasteiger partial charge >= 0.3 is 0 Å². The molecule has 1 aromatic rings. The molecule has 3 heterocycles. The maximum Gasteiger partial charge on any atom is 0.255 e. The topological polar surface area (TPSA) is 38.8 Å². The van der Waals surface area contributed by atoms with Crippen molar-refractivity contribution < 1.29 is 14.3 Å². The van der Waals surface area contributed by atoms with Crippen molar-refractivity contribution in [2.75, 3.05) is 26.8 Å². The van der Waals surface area contributed by atoms with Crippen molar-refractivity contribution >= 4 is 17.2 Å². The Kier molecular flexibility index (Phi) is 2.90. The summed E-state index contributed by atoms with van der Waals surface area (Å²) in [6.45, 7) is 2.82. The minimum Gasteiger partial charge on any atom is -0.378 e. The number of fused-ring (bicyclic) bond motifs is 1. The molecule has 2 aliphatic rings. The number of thiophene rings is 1. The summed E-state index contributed by atoms with van der Waals surface area (Å²) in [5.41, 5.74) is 2.08. The van der Waals surface area contributed by atoms with Gasteiger partial charge in [-0.2, -0.15) is 0 Å². The fraction of sp³-hybridized carbons (Fsp3) is 0.583. The van der Waals surface area contributed by atoms with Gasteiger partial charge in [0.2, 0.25) is 0 Å². The highest BCUT2D eigenvalue weighted by Gasteiger charge is 2.33. The fourth-order valence-corrected chi connectivity index (χ4v) is 3.27. The van der Waals surface area contributed by atoms with Crippen LogP contribution in [0.1, 0.15) is 20.8 Å². The first-order chi connectivity index (χ1) is 8.29. The molecule has 1 fully saturated rings. The lowest BCUT2D eigenvalue weighted by Gasteiger charge is -2.38. The first-order valence-corrected chi connectivity index (χ1v) is 6.66. The summed E-state index contributed by atoms with van der Waals surface area (Å²) >= 11 is 1.64. The Balaban J connectivity index is 1.76. The number of hydrogen-bond acceptors (Lipinski definition) is 4. The highest BCUT2D eigenvalue weighted by atomic mass is 32.1. The average molecular weight is 253 g/mol. The molecular formula is C12H15NO3S. The predicted octanol–water partition coefficient (Wildman–Crippen LogP) is 1.29. The number of rotatable bonds is 2. The summed E-state index contributed by atoms with van der Waals surface area (Å²) in [6, 6.07) is 0. The zero-order chi connectivity index (χ0) is 11.8. The van der Waals surface area contributed by atoms with Gasteiger partial charge in [-0.1, -0.05) is 0 Å². The van der Waals surface area contributed by atoms with E-state index in [2.05, 4.69) is 0 Å². The largest absolute Gasteiger partial charge is 0.378 e. The Labute approximate surface area is 104 Å². The standard InChI is InChI=1S/C12H15NO3S/c1-15-8-4-13(5-8)12(14)10-7-17-11-6-16-3-2-9(10)11/h7-8H,2-6H2,1H3. The van der Waals surface area contributed by atoms with Crippen molar-refractivity contribution in [1.82, 2.24) is 4.90 Å². The molecule has 0 saturated carbocycles. The minimum atomic E-state index is 0.151. The first-order valence-electron chi connectivity index (χ1n) is 5.78. The smallest absolute Gasteiger partial charge is 0.255 e. The van der Waals surface area contributed by atoms with E-state index in [1.54, 1.807) is 18.4 Å². The number of ether oxygens (including phenoxy) is 2. The molecule has 2 aliphatic heterocycles. The number of nitrogens with zero attached hydrogens (tertiary/aromatic N) is 1. The molecule has 0 radical (unpaired) electrons. The van der Waals surface area contributed by atoms with E-state index < -0.39 is 0 Å². The molecule has 0 N–H and O–H groups in total. The number of likely N-dealkylation sites (tertiary alicyclic amines) is 1. The van der Waals surface area contributed by atoms with E-state index in [-0.39, 0.29) is 12.0 Å². The van der Waals surface area contributed by atoms with Gasteiger partial charge < -0.3 is 14.4 Å². The molecule has 1 amide bonds. The third-order valence-corrected chi connectivity index (χ3v) is 4.41. The highest BCUT2D eigenvalue weighted by Crippen LogP contribution is 2.29. The zero-order valence-electron chi connectivity index (χ0n) is 9.77. The maximum absolute atomic E-state index is 12.3. The highest BCUT2D eigenvalue weighted by molar-refractivity contribution is 7.10. The number of carbonyl (C=O) groups is 1. The van der Waals surface area contributed by atoms with Crippen molar-refractivity contribution in [3.63, 3.8) is 0 Å². The molecule has 3 rings (SSSR count). The van der Waals surface area contributed by atoms with Gasteiger partial charge in [0.25, 0.3) is 5.91 Å². The van der Waals surface area contributed by atoms with Crippen LogP contribution in [0.25, 0.3) is 0 Å². The molecule has 0 unspecified atom stereocenters. The van der Waals surface area contributed by atoms with Crippen LogP contribution in [0, 0.1) is 0 Å². The lowest BCUT2D eigenvalue weighted by atomic mass is 10.0. The van der Waals surface area contributed by atoms with Crippen molar-refractivity contribution in [3.05, 3.63) is 21.4 Å². The van der Waals surface area contributed by atoms with E-state index in [9.17, 15) is 4.79 Å². The number of amides is 1. The summed E-state index contributed by atoms with van der Waals surface area (Å²) in [5, 5.41) is 1.97. The summed E-state index contributed by atoms with van der Waals surface area (Å²) < 4.78 is 10.6. The third-order valence-electron chi connectivity index (χ3n) is 3.41. The van der Waals surface area contributed by atoms with Crippen LogP contribution in [-0.4, -0.2) is 43.7 Å². The lowest BCUT2D eigenvalue weighted by molar-refractivity contribution is -0.0192. The van der Waals surface area contributed by atoms with Gasteiger partial charge in [0.15, 0.2) is 0 Å². The van der Waals surface area contributed by atoms with E-state index in [1.165, 1.54) is 10.4 Å². The molecule has 17 heavy (non-hydrogen) atoms. The predicted molar refractivity (Wildman–Crippen MR) is 64.4 cm³/mol. The Morgan fingerprint density at radius 2 is 2.41 bits per heavy atom. The number of carbonyl (C=O) groups excluding carboxylic acids is 1.